The third-order valence-electron chi connectivity index (χ3n) is 2.26. The molecule has 1 aromatic heterocycles. The van der Waals surface area contributed by atoms with Crippen molar-refractivity contribution in [2.24, 2.45) is 0 Å². The quantitative estimate of drug-likeness (QED) is 0.666. The van der Waals surface area contributed by atoms with Crippen molar-refractivity contribution in [3.63, 3.8) is 0 Å². The van der Waals surface area contributed by atoms with E-state index in [1.165, 1.54) is 12.8 Å². The first kappa shape index (κ1) is 9.61. The van der Waals surface area contributed by atoms with Crippen molar-refractivity contribution in [2.75, 3.05) is 13.6 Å². The molecule has 1 atom stereocenters. The van der Waals surface area contributed by atoms with Gasteiger partial charge in [0.25, 0.3) is 0 Å². The maximum absolute atomic E-state index is 5.24. The van der Waals surface area contributed by atoms with Crippen molar-refractivity contribution in [3.05, 3.63) is 18.4 Å². The lowest BCUT2D eigenvalue weighted by Gasteiger charge is -2.14. The average molecular weight is 186 g/mol. The maximum Gasteiger partial charge on any atom is 0.211 e. The minimum absolute atomic E-state index is 0. The molecular weight excluding hydrogens is 172 g/mol. The third-order valence-corrected chi connectivity index (χ3v) is 2.26. The predicted molar refractivity (Wildman–Crippen MR) is 51.5 cm³/mol. The lowest BCUT2D eigenvalue weighted by molar-refractivity contribution is 0.268. The topological polar surface area (TPSA) is 29.3 Å². The first-order chi connectivity index (χ1) is 5.38. The largest absolute Gasteiger partial charge is 0.447 e. The fourth-order valence-corrected chi connectivity index (χ4v) is 1.62. The molecule has 4 heteroatoms. The fourth-order valence-electron chi connectivity index (χ4n) is 1.62. The first-order valence-electron chi connectivity index (χ1n) is 3.97. The fraction of sp³-hybridized carbons (Fsp3) is 0.625. The van der Waals surface area contributed by atoms with E-state index in [-0.39, 0.29) is 13.5 Å². The third kappa shape index (κ3) is 1.64. The van der Waals surface area contributed by atoms with Gasteiger partial charge < -0.3 is 4.42 Å². The molecule has 1 fully saturated rings. The minimum atomic E-state index is 0. The minimum Gasteiger partial charge on any atom is -0.447 e. The zero-order valence-corrected chi connectivity index (χ0v) is 8.16. The van der Waals surface area contributed by atoms with Gasteiger partial charge >= 0.3 is 0 Å². The van der Waals surface area contributed by atoms with E-state index >= 15 is 0 Å². The summed E-state index contributed by atoms with van der Waals surface area (Å²) in [5.41, 5.74) is 0. The van der Waals surface area contributed by atoms with Gasteiger partial charge in [-0.25, -0.2) is 4.98 Å². The summed E-state index contributed by atoms with van der Waals surface area (Å²) in [5, 5.41) is 0. The van der Waals surface area contributed by atoms with Crippen molar-refractivity contribution >= 4 is 13.5 Å². The monoisotopic (exact) mass is 186 g/mol. The Hall–Kier alpha value is -0.480. The summed E-state index contributed by atoms with van der Waals surface area (Å²) in [5.74, 6) is 0.866. The molecule has 1 aliphatic heterocycles. The van der Waals surface area contributed by atoms with Gasteiger partial charge in [-0.05, 0) is 26.4 Å². The molecule has 0 amide bonds. The van der Waals surface area contributed by atoms with Gasteiger partial charge in [0, 0.05) is 0 Å². The highest BCUT2D eigenvalue weighted by Gasteiger charge is 2.25. The number of oxazole rings is 1. The Morgan fingerprint density at radius 3 is 3.00 bits per heavy atom. The summed E-state index contributed by atoms with van der Waals surface area (Å²) in [6.07, 6.45) is 5.78. The van der Waals surface area contributed by atoms with E-state index in [0.29, 0.717) is 6.04 Å². The summed E-state index contributed by atoms with van der Waals surface area (Å²) >= 11 is 0. The van der Waals surface area contributed by atoms with Gasteiger partial charge in [0.1, 0.15) is 6.26 Å². The molecule has 1 saturated heterocycles. The van der Waals surface area contributed by atoms with E-state index in [4.69, 9.17) is 4.42 Å². The van der Waals surface area contributed by atoms with Crippen LogP contribution in [0.5, 0.6) is 0 Å². The maximum atomic E-state index is 5.24. The molecule has 0 aromatic carbocycles. The van der Waals surface area contributed by atoms with Crippen LogP contribution in [0.15, 0.2) is 16.9 Å². The van der Waals surface area contributed by atoms with Gasteiger partial charge in [-0.2, -0.15) is 13.5 Å². The SMILES string of the molecule is CN1CCC[C@H]1c1ncco1.S. The van der Waals surface area contributed by atoms with Crippen LogP contribution in [0.25, 0.3) is 0 Å². The Bertz CT molecular complexity index is 225. The number of hydrogen-bond acceptors (Lipinski definition) is 3. The zero-order valence-electron chi connectivity index (χ0n) is 7.16. The summed E-state index contributed by atoms with van der Waals surface area (Å²) < 4.78 is 5.24. The second-order valence-electron chi connectivity index (χ2n) is 3.01. The van der Waals surface area contributed by atoms with Crippen LogP contribution in [0.3, 0.4) is 0 Å². The lowest BCUT2D eigenvalue weighted by atomic mass is 10.2. The Kier molecular flexibility index (Phi) is 3.17. The molecule has 68 valence electrons. The zero-order chi connectivity index (χ0) is 7.68. The number of nitrogens with zero attached hydrogens (tertiary/aromatic N) is 2. The molecule has 1 aliphatic rings. The van der Waals surface area contributed by atoms with Gasteiger partial charge in [-0.15, -0.1) is 0 Å². The second-order valence-corrected chi connectivity index (χ2v) is 3.01. The van der Waals surface area contributed by atoms with E-state index < -0.39 is 0 Å². The molecule has 0 N–H and O–H groups in total. The van der Waals surface area contributed by atoms with Crippen LogP contribution in [0.1, 0.15) is 24.8 Å². The molecule has 1 aromatic rings. The van der Waals surface area contributed by atoms with Crippen molar-refractivity contribution in [3.8, 4) is 0 Å². The highest BCUT2D eigenvalue weighted by atomic mass is 32.1. The Balaban J connectivity index is 0.000000720. The summed E-state index contributed by atoms with van der Waals surface area (Å²) in [6, 6.07) is 0.421. The smallest absolute Gasteiger partial charge is 0.211 e. The van der Waals surface area contributed by atoms with Gasteiger partial charge in [0.05, 0.1) is 12.2 Å². The highest BCUT2D eigenvalue weighted by Crippen LogP contribution is 2.28. The summed E-state index contributed by atoms with van der Waals surface area (Å²) in [6.45, 7) is 1.16. The molecule has 0 unspecified atom stereocenters. The van der Waals surface area contributed by atoms with Crippen molar-refractivity contribution in [1.29, 1.82) is 0 Å². The van der Waals surface area contributed by atoms with Crippen molar-refractivity contribution in [1.82, 2.24) is 9.88 Å². The van der Waals surface area contributed by atoms with Gasteiger partial charge in [-0.3, -0.25) is 4.90 Å². The average Bonchev–Trinajstić information content (AvgIpc) is 2.55. The number of likely N-dealkylation sites (tertiary alicyclic amines) is 1. The van der Waals surface area contributed by atoms with E-state index in [9.17, 15) is 0 Å². The molecular formula is C8H14N2OS. The first-order valence-corrected chi connectivity index (χ1v) is 3.97. The molecule has 0 spiro atoms. The number of hydrogen-bond donors (Lipinski definition) is 0. The Morgan fingerprint density at radius 2 is 2.50 bits per heavy atom. The van der Waals surface area contributed by atoms with E-state index in [1.807, 2.05) is 0 Å². The van der Waals surface area contributed by atoms with Crippen LogP contribution in [0.2, 0.25) is 0 Å². The normalized spacial score (nSPS) is 23.9. The van der Waals surface area contributed by atoms with E-state index in [2.05, 4.69) is 16.9 Å². The molecule has 0 aliphatic carbocycles. The Labute approximate surface area is 79.2 Å². The summed E-state index contributed by atoms with van der Waals surface area (Å²) in [7, 11) is 2.11. The van der Waals surface area contributed by atoms with Crippen LogP contribution < -0.4 is 0 Å². The standard InChI is InChI=1S/C8H12N2O.H2S/c1-10-5-2-3-7(10)8-9-4-6-11-8;/h4,6-7H,2-3,5H2,1H3;1H2/t7-;/m0./s1. The molecule has 12 heavy (non-hydrogen) atoms. The Morgan fingerprint density at radius 1 is 1.67 bits per heavy atom. The van der Waals surface area contributed by atoms with E-state index in [0.717, 1.165) is 12.4 Å². The van der Waals surface area contributed by atoms with Crippen LogP contribution in [-0.2, 0) is 0 Å². The number of rotatable bonds is 1. The number of aromatic nitrogens is 1. The predicted octanol–water partition coefficient (Wildman–Crippen LogP) is 1.55. The van der Waals surface area contributed by atoms with Crippen LogP contribution in [0, 0.1) is 0 Å². The molecule has 2 rings (SSSR count). The van der Waals surface area contributed by atoms with Crippen molar-refractivity contribution < 1.29 is 4.42 Å². The molecule has 0 bridgehead atoms. The second kappa shape index (κ2) is 3.96. The van der Waals surface area contributed by atoms with Crippen LogP contribution >= 0.6 is 13.5 Å². The van der Waals surface area contributed by atoms with Gasteiger partial charge in [-0.1, -0.05) is 0 Å². The van der Waals surface area contributed by atoms with E-state index in [1.54, 1.807) is 12.5 Å². The van der Waals surface area contributed by atoms with Crippen LogP contribution in [0.4, 0.5) is 0 Å². The van der Waals surface area contributed by atoms with Crippen LogP contribution in [-0.4, -0.2) is 23.5 Å². The molecule has 3 nitrogen and oxygen atoms in total. The highest BCUT2D eigenvalue weighted by molar-refractivity contribution is 7.59. The summed E-state index contributed by atoms with van der Waals surface area (Å²) in [4.78, 5) is 6.42. The molecule has 0 saturated carbocycles. The van der Waals surface area contributed by atoms with Gasteiger partial charge in [0.15, 0.2) is 0 Å². The lowest BCUT2D eigenvalue weighted by Crippen LogP contribution is -2.17. The van der Waals surface area contributed by atoms with Crippen molar-refractivity contribution in [2.45, 2.75) is 18.9 Å². The van der Waals surface area contributed by atoms with Gasteiger partial charge in [0.2, 0.25) is 5.89 Å². The molecule has 2 heterocycles. The molecule has 0 radical (unpaired) electrons.